The Kier molecular flexibility index (Phi) is 3.85. The molecular formula is C22H29N3O2. The SMILES string of the molecule is CC(C)c1noc2ncc(C(=O)N[C@@H](C)C34CC5CC(CC(C5)C3)C4)cc12. The summed E-state index contributed by atoms with van der Waals surface area (Å²) in [6.07, 6.45) is 9.76. The number of amides is 1. The standard InChI is InChI=1S/C22H29N3O2/c1-12(2)19-18-7-17(11-23-21(18)27-25-19)20(26)24-13(3)22-8-14-4-15(9-22)6-16(5-14)10-22/h7,11-16H,4-6,8-10H2,1-3H3,(H,24,26)/t13-,14?,15?,16?,22?/m0/s1. The molecule has 0 radical (unpaired) electrons. The molecule has 0 aliphatic heterocycles. The molecule has 5 heteroatoms. The third-order valence-electron chi connectivity index (χ3n) is 7.52. The molecule has 0 aromatic carbocycles. The highest BCUT2D eigenvalue weighted by Crippen LogP contribution is 2.61. The lowest BCUT2D eigenvalue weighted by atomic mass is 9.48. The van der Waals surface area contributed by atoms with E-state index in [2.05, 4.69) is 36.2 Å². The second-order valence-corrected chi connectivity index (χ2v) is 9.77. The zero-order chi connectivity index (χ0) is 18.8. The van der Waals surface area contributed by atoms with Crippen LogP contribution in [-0.4, -0.2) is 22.1 Å². The predicted octanol–water partition coefficient (Wildman–Crippen LogP) is 4.68. The topological polar surface area (TPSA) is 68.0 Å². The van der Waals surface area contributed by atoms with Crippen LogP contribution in [0.25, 0.3) is 11.1 Å². The van der Waals surface area contributed by atoms with Gasteiger partial charge in [-0.25, -0.2) is 4.98 Å². The molecule has 4 bridgehead atoms. The van der Waals surface area contributed by atoms with Crippen LogP contribution in [0.3, 0.4) is 0 Å². The zero-order valence-corrected chi connectivity index (χ0v) is 16.5. The molecule has 5 nitrogen and oxygen atoms in total. The van der Waals surface area contributed by atoms with Crippen LogP contribution in [0.1, 0.15) is 81.3 Å². The molecule has 0 spiro atoms. The van der Waals surface area contributed by atoms with Crippen LogP contribution in [0, 0.1) is 23.2 Å². The molecule has 4 fully saturated rings. The van der Waals surface area contributed by atoms with Gasteiger partial charge in [0.25, 0.3) is 11.6 Å². The summed E-state index contributed by atoms with van der Waals surface area (Å²) in [6.45, 7) is 6.36. The van der Waals surface area contributed by atoms with Crippen molar-refractivity contribution in [2.75, 3.05) is 0 Å². The van der Waals surface area contributed by atoms with Gasteiger partial charge in [0.15, 0.2) is 0 Å². The predicted molar refractivity (Wildman–Crippen MR) is 103 cm³/mol. The highest BCUT2D eigenvalue weighted by atomic mass is 16.5. The Labute approximate surface area is 160 Å². The Morgan fingerprint density at radius 3 is 2.37 bits per heavy atom. The Morgan fingerprint density at radius 2 is 1.78 bits per heavy atom. The molecule has 0 saturated heterocycles. The first kappa shape index (κ1) is 17.2. The first-order chi connectivity index (χ1) is 12.9. The molecule has 4 aliphatic rings. The second kappa shape index (κ2) is 6.05. The number of nitrogens with zero attached hydrogens (tertiary/aromatic N) is 2. The van der Waals surface area contributed by atoms with E-state index in [1.165, 1.54) is 38.5 Å². The number of hydrogen-bond donors (Lipinski definition) is 1. The van der Waals surface area contributed by atoms with Gasteiger partial charge in [-0.1, -0.05) is 19.0 Å². The van der Waals surface area contributed by atoms with E-state index in [0.29, 0.717) is 16.7 Å². The van der Waals surface area contributed by atoms with Gasteiger partial charge in [-0.2, -0.15) is 0 Å². The van der Waals surface area contributed by atoms with Crippen LogP contribution in [0.2, 0.25) is 0 Å². The molecular weight excluding hydrogens is 338 g/mol. The minimum Gasteiger partial charge on any atom is -0.349 e. The smallest absolute Gasteiger partial charge is 0.257 e. The number of carbonyl (C=O) groups excluding carboxylic acids is 1. The fraction of sp³-hybridized carbons (Fsp3) is 0.682. The number of hydrogen-bond acceptors (Lipinski definition) is 4. The van der Waals surface area contributed by atoms with Crippen molar-refractivity contribution in [1.82, 2.24) is 15.5 Å². The third kappa shape index (κ3) is 2.77. The molecule has 2 aromatic rings. The Morgan fingerprint density at radius 1 is 1.15 bits per heavy atom. The first-order valence-corrected chi connectivity index (χ1v) is 10.5. The van der Waals surface area contributed by atoms with Crippen LogP contribution in [0.15, 0.2) is 16.8 Å². The molecule has 1 N–H and O–H groups in total. The maximum Gasteiger partial charge on any atom is 0.257 e. The lowest BCUT2D eigenvalue weighted by molar-refractivity contribution is -0.0688. The average Bonchev–Trinajstić information content (AvgIpc) is 3.03. The molecule has 2 aromatic heterocycles. The van der Waals surface area contributed by atoms with Crippen molar-refractivity contribution >= 4 is 17.0 Å². The normalized spacial score (nSPS) is 33.0. The summed E-state index contributed by atoms with van der Waals surface area (Å²) in [7, 11) is 0. The first-order valence-electron chi connectivity index (χ1n) is 10.5. The van der Waals surface area contributed by atoms with Crippen molar-refractivity contribution in [3.63, 3.8) is 0 Å². The molecule has 144 valence electrons. The van der Waals surface area contributed by atoms with Gasteiger partial charge in [0, 0.05) is 12.2 Å². The lowest BCUT2D eigenvalue weighted by Gasteiger charge is -2.59. The average molecular weight is 367 g/mol. The van der Waals surface area contributed by atoms with E-state index in [0.717, 1.165) is 28.8 Å². The second-order valence-electron chi connectivity index (χ2n) is 9.77. The van der Waals surface area contributed by atoms with E-state index in [1.807, 2.05) is 6.07 Å². The molecule has 6 rings (SSSR count). The molecule has 4 aliphatic carbocycles. The summed E-state index contributed by atoms with van der Waals surface area (Å²) >= 11 is 0. The summed E-state index contributed by atoms with van der Waals surface area (Å²) < 4.78 is 5.30. The Balaban J connectivity index is 1.37. The van der Waals surface area contributed by atoms with Crippen LogP contribution in [0.5, 0.6) is 0 Å². The molecule has 4 saturated carbocycles. The molecule has 1 amide bonds. The van der Waals surface area contributed by atoms with E-state index in [4.69, 9.17) is 4.52 Å². The Hall–Kier alpha value is -1.91. The Bertz CT molecular complexity index is 850. The minimum absolute atomic E-state index is 0.0245. The van der Waals surface area contributed by atoms with Gasteiger partial charge in [0.1, 0.15) is 0 Å². The fourth-order valence-corrected chi connectivity index (χ4v) is 6.53. The third-order valence-corrected chi connectivity index (χ3v) is 7.52. The number of carbonyl (C=O) groups is 1. The van der Waals surface area contributed by atoms with Crippen molar-refractivity contribution in [1.29, 1.82) is 0 Å². The zero-order valence-electron chi connectivity index (χ0n) is 16.5. The number of pyridine rings is 1. The quantitative estimate of drug-likeness (QED) is 0.852. The maximum absolute atomic E-state index is 13.0. The van der Waals surface area contributed by atoms with Gasteiger partial charge in [-0.15, -0.1) is 0 Å². The van der Waals surface area contributed by atoms with Crippen molar-refractivity contribution in [3.05, 3.63) is 23.5 Å². The number of fused-ring (bicyclic) bond motifs is 1. The van der Waals surface area contributed by atoms with Crippen molar-refractivity contribution < 1.29 is 9.32 Å². The highest BCUT2D eigenvalue weighted by molar-refractivity contribution is 5.97. The van der Waals surface area contributed by atoms with E-state index in [-0.39, 0.29) is 17.9 Å². The summed E-state index contributed by atoms with van der Waals surface area (Å²) in [5.74, 6) is 2.87. The summed E-state index contributed by atoms with van der Waals surface area (Å²) in [5.41, 5.74) is 2.28. The van der Waals surface area contributed by atoms with Gasteiger partial charge in [-0.3, -0.25) is 4.79 Å². The van der Waals surface area contributed by atoms with E-state index in [1.54, 1.807) is 6.20 Å². The summed E-state index contributed by atoms with van der Waals surface area (Å²) in [6, 6.07) is 2.09. The van der Waals surface area contributed by atoms with E-state index < -0.39 is 0 Å². The fourth-order valence-electron chi connectivity index (χ4n) is 6.53. The molecule has 0 unspecified atom stereocenters. The highest BCUT2D eigenvalue weighted by Gasteiger charge is 2.53. The van der Waals surface area contributed by atoms with Crippen molar-refractivity contribution in [2.24, 2.45) is 23.2 Å². The molecule has 1 atom stereocenters. The molecule has 2 heterocycles. The van der Waals surface area contributed by atoms with E-state index >= 15 is 0 Å². The minimum atomic E-state index is -0.0245. The summed E-state index contributed by atoms with van der Waals surface area (Å²) in [4.78, 5) is 17.3. The van der Waals surface area contributed by atoms with E-state index in [9.17, 15) is 4.79 Å². The van der Waals surface area contributed by atoms with Crippen LogP contribution in [-0.2, 0) is 0 Å². The maximum atomic E-state index is 13.0. The van der Waals surface area contributed by atoms with Gasteiger partial charge in [0.2, 0.25) is 0 Å². The van der Waals surface area contributed by atoms with Gasteiger partial charge in [-0.05, 0) is 80.6 Å². The summed E-state index contributed by atoms with van der Waals surface area (Å²) in [5, 5.41) is 8.29. The van der Waals surface area contributed by atoms with Crippen LogP contribution >= 0.6 is 0 Å². The van der Waals surface area contributed by atoms with Gasteiger partial charge < -0.3 is 9.84 Å². The largest absolute Gasteiger partial charge is 0.349 e. The molecule has 27 heavy (non-hydrogen) atoms. The lowest BCUT2D eigenvalue weighted by Crippen LogP contribution is -2.55. The van der Waals surface area contributed by atoms with Gasteiger partial charge in [0.05, 0.1) is 16.6 Å². The number of rotatable bonds is 4. The van der Waals surface area contributed by atoms with Crippen LogP contribution < -0.4 is 5.32 Å². The number of aromatic nitrogens is 2. The number of nitrogens with one attached hydrogen (secondary N) is 1. The van der Waals surface area contributed by atoms with Crippen molar-refractivity contribution in [2.45, 2.75) is 71.3 Å². The van der Waals surface area contributed by atoms with Crippen LogP contribution in [0.4, 0.5) is 0 Å². The monoisotopic (exact) mass is 367 g/mol. The van der Waals surface area contributed by atoms with Crippen molar-refractivity contribution in [3.8, 4) is 0 Å². The van der Waals surface area contributed by atoms with Gasteiger partial charge >= 0.3 is 0 Å².